The number of amides is 1. The van der Waals surface area contributed by atoms with Gasteiger partial charge in [0, 0.05) is 30.2 Å². The number of likely N-dealkylation sites (tertiary alicyclic amines) is 1. The molecule has 0 aromatic heterocycles. The second-order valence-electron chi connectivity index (χ2n) is 7.26. The van der Waals surface area contributed by atoms with E-state index in [1.165, 1.54) is 12.8 Å². The van der Waals surface area contributed by atoms with Crippen molar-refractivity contribution in [2.75, 3.05) is 0 Å². The summed E-state index contributed by atoms with van der Waals surface area (Å²) in [5.41, 5.74) is 6.11. The van der Waals surface area contributed by atoms with E-state index in [0.717, 1.165) is 25.7 Å². The van der Waals surface area contributed by atoms with Crippen LogP contribution in [-0.4, -0.2) is 52.0 Å². The van der Waals surface area contributed by atoms with Crippen LogP contribution in [0.3, 0.4) is 0 Å². The molecular formula is C16H29N3O. The first-order valence-electron chi connectivity index (χ1n) is 8.34. The Kier molecular flexibility index (Phi) is 3.80. The molecule has 3 saturated heterocycles. The van der Waals surface area contributed by atoms with Crippen LogP contribution in [0.1, 0.15) is 59.3 Å². The highest BCUT2D eigenvalue weighted by Gasteiger charge is 2.45. The molecule has 20 heavy (non-hydrogen) atoms. The summed E-state index contributed by atoms with van der Waals surface area (Å²) in [5.74, 6) is 0.352. The Labute approximate surface area is 122 Å². The zero-order valence-corrected chi connectivity index (χ0v) is 13.1. The highest BCUT2D eigenvalue weighted by molar-refractivity contribution is 5.82. The summed E-state index contributed by atoms with van der Waals surface area (Å²) in [5, 5.41) is 0. The van der Waals surface area contributed by atoms with E-state index in [4.69, 9.17) is 5.73 Å². The average Bonchev–Trinajstić information content (AvgIpc) is 2.86. The summed E-state index contributed by atoms with van der Waals surface area (Å²) in [7, 11) is 0. The predicted octanol–water partition coefficient (Wildman–Crippen LogP) is 1.73. The van der Waals surface area contributed by atoms with Crippen LogP contribution in [0, 0.1) is 0 Å². The van der Waals surface area contributed by atoms with Crippen molar-refractivity contribution in [3.63, 3.8) is 0 Å². The van der Waals surface area contributed by atoms with Crippen molar-refractivity contribution in [3.8, 4) is 0 Å². The maximum Gasteiger partial charge on any atom is 0.240 e. The Bertz CT molecular complexity index is 362. The van der Waals surface area contributed by atoms with Crippen LogP contribution >= 0.6 is 0 Å². The molecule has 0 aromatic carbocycles. The second kappa shape index (κ2) is 5.30. The van der Waals surface area contributed by atoms with E-state index in [-0.39, 0.29) is 6.04 Å². The van der Waals surface area contributed by atoms with Gasteiger partial charge < -0.3 is 10.6 Å². The van der Waals surface area contributed by atoms with Gasteiger partial charge in [0.2, 0.25) is 5.91 Å². The minimum atomic E-state index is 0.0277. The maximum absolute atomic E-state index is 13.0. The Hall–Kier alpha value is -0.610. The monoisotopic (exact) mass is 279 g/mol. The van der Waals surface area contributed by atoms with Gasteiger partial charge in [0.25, 0.3) is 0 Å². The van der Waals surface area contributed by atoms with E-state index < -0.39 is 0 Å². The summed E-state index contributed by atoms with van der Waals surface area (Å²) in [6.45, 7) is 6.62. The third kappa shape index (κ3) is 2.27. The Morgan fingerprint density at radius 3 is 2.05 bits per heavy atom. The molecule has 0 aromatic rings. The Morgan fingerprint density at radius 2 is 1.55 bits per heavy atom. The highest BCUT2D eigenvalue weighted by atomic mass is 16.2. The van der Waals surface area contributed by atoms with Crippen LogP contribution in [0.4, 0.5) is 0 Å². The number of hydrogen-bond donors (Lipinski definition) is 1. The van der Waals surface area contributed by atoms with Gasteiger partial charge in [-0.2, -0.15) is 0 Å². The smallest absolute Gasteiger partial charge is 0.240 e. The van der Waals surface area contributed by atoms with Gasteiger partial charge in [-0.05, 0) is 59.3 Å². The largest absolute Gasteiger partial charge is 0.335 e. The summed E-state index contributed by atoms with van der Waals surface area (Å²) < 4.78 is 0. The van der Waals surface area contributed by atoms with Crippen LogP contribution in [0.25, 0.3) is 0 Å². The molecule has 5 atom stereocenters. The zero-order valence-electron chi connectivity index (χ0n) is 13.1. The number of nitrogens with two attached hydrogens (primary N) is 1. The molecule has 3 fully saturated rings. The van der Waals surface area contributed by atoms with Gasteiger partial charge in [0.15, 0.2) is 0 Å². The maximum atomic E-state index is 13.0. The van der Waals surface area contributed by atoms with E-state index in [2.05, 4.69) is 30.6 Å². The lowest BCUT2D eigenvalue weighted by Crippen LogP contribution is -2.57. The van der Waals surface area contributed by atoms with E-state index in [1.807, 2.05) is 0 Å². The molecule has 114 valence electrons. The number of fused-ring (bicyclic) bond motifs is 2. The SMILES string of the molecule is CC1CCC(C)N1C(C)C(=O)N1C2CCC1CC(N)C2. The highest BCUT2D eigenvalue weighted by Crippen LogP contribution is 2.37. The number of hydrogen-bond acceptors (Lipinski definition) is 3. The van der Waals surface area contributed by atoms with E-state index in [9.17, 15) is 4.79 Å². The Morgan fingerprint density at radius 1 is 1.05 bits per heavy atom. The lowest BCUT2D eigenvalue weighted by atomic mass is 9.97. The molecule has 2 bridgehead atoms. The molecule has 5 unspecified atom stereocenters. The topological polar surface area (TPSA) is 49.6 Å². The Balaban J connectivity index is 1.73. The number of nitrogens with zero attached hydrogens (tertiary/aromatic N) is 2. The zero-order chi connectivity index (χ0) is 14.4. The van der Waals surface area contributed by atoms with Crippen molar-refractivity contribution in [2.45, 2.75) is 95.5 Å². The van der Waals surface area contributed by atoms with Crippen LogP contribution in [0.5, 0.6) is 0 Å². The molecule has 3 rings (SSSR count). The minimum Gasteiger partial charge on any atom is -0.335 e. The lowest BCUT2D eigenvalue weighted by molar-refractivity contribution is -0.142. The first-order valence-corrected chi connectivity index (χ1v) is 8.34. The molecule has 3 aliphatic rings. The summed E-state index contributed by atoms with van der Waals surface area (Å²) >= 11 is 0. The van der Waals surface area contributed by atoms with Gasteiger partial charge in [-0.15, -0.1) is 0 Å². The molecule has 0 radical (unpaired) electrons. The summed E-state index contributed by atoms with van der Waals surface area (Å²) in [6, 6.07) is 2.22. The van der Waals surface area contributed by atoms with Crippen molar-refractivity contribution < 1.29 is 4.79 Å². The lowest BCUT2D eigenvalue weighted by Gasteiger charge is -2.42. The fourth-order valence-electron chi connectivity index (χ4n) is 4.90. The number of rotatable bonds is 2. The standard InChI is InChI=1S/C16H29N3O/c1-10-4-5-11(2)18(10)12(3)16(20)19-14-6-7-15(19)9-13(17)8-14/h10-15H,4-9,17H2,1-3H3. The molecule has 3 heterocycles. The van der Waals surface area contributed by atoms with Crippen LogP contribution in [0.15, 0.2) is 0 Å². The number of piperidine rings is 1. The normalized spacial score (nSPS) is 43.0. The fraction of sp³-hybridized carbons (Fsp3) is 0.938. The molecular weight excluding hydrogens is 250 g/mol. The molecule has 4 heteroatoms. The van der Waals surface area contributed by atoms with Gasteiger partial charge in [-0.1, -0.05) is 0 Å². The van der Waals surface area contributed by atoms with E-state index >= 15 is 0 Å². The van der Waals surface area contributed by atoms with Crippen molar-refractivity contribution in [3.05, 3.63) is 0 Å². The molecule has 2 N–H and O–H groups in total. The van der Waals surface area contributed by atoms with Gasteiger partial charge in [-0.3, -0.25) is 9.69 Å². The second-order valence-corrected chi connectivity index (χ2v) is 7.26. The van der Waals surface area contributed by atoms with Gasteiger partial charge in [0.05, 0.1) is 6.04 Å². The van der Waals surface area contributed by atoms with E-state index in [1.54, 1.807) is 0 Å². The molecule has 4 nitrogen and oxygen atoms in total. The minimum absolute atomic E-state index is 0.0277. The molecule has 3 aliphatic heterocycles. The fourth-order valence-corrected chi connectivity index (χ4v) is 4.90. The average molecular weight is 279 g/mol. The predicted molar refractivity (Wildman–Crippen MR) is 80.3 cm³/mol. The molecule has 0 spiro atoms. The molecule has 0 aliphatic carbocycles. The van der Waals surface area contributed by atoms with Gasteiger partial charge in [0.1, 0.15) is 0 Å². The first kappa shape index (κ1) is 14.3. The van der Waals surface area contributed by atoms with Crippen molar-refractivity contribution in [1.29, 1.82) is 0 Å². The number of carbonyl (C=O) groups excluding carboxylic acids is 1. The number of carbonyl (C=O) groups is 1. The third-order valence-electron chi connectivity index (χ3n) is 5.85. The first-order chi connectivity index (χ1) is 9.49. The van der Waals surface area contributed by atoms with Gasteiger partial charge >= 0.3 is 0 Å². The van der Waals surface area contributed by atoms with Gasteiger partial charge in [-0.25, -0.2) is 0 Å². The van der Waals surface area contributed by atoms with Crippen molar-refractivity contribution in [2.24, 2.45) is 5.73 Å². The quantitative estimate of drug-likeness (QED) is 0.837. The van der Waals surface area contributed by atoms with Crippen LogP contribution < -0.4 is 5.73 Å². The van der Waals surface area contributed by atoms with Crippen molar-refractivity contribution in [1.82, 2.24) is 9.80 Å². The molecule has 1 amide bonds. The van der Waals surface area contributed by atoms with Crippen LogP contribution in [0.2, 0.25) is 0 Å². The van der Waals surface area contributed by atoms with Crippen LogP contribution in [-0.2, 0) is 4.79 Å². The third-order valence-corrected chi connectivity index (χ3v) is 5.85. The molecule has 0 saturated carbocycles. The van der Waals surface area contributed by atoms with E-state index in [0.29, 0.717) is 36.1 Å². The summed E-state index contributed by atoms with van der Waals surface area (Å²) in [4.78, 5) is 17.6. The summed E-state index contributed by atoms with van der Waals surface area (Å²) in [6.07, 6.45) is 6.75. The van der Waals surface area contributed by atoms with Crippen molar-refractivity contribution >= 4 is 5.91 Å².